The SMILES string of the molecule is CCCC(=O)[N-]C.CCCC(=O)[N-]C.[Cl-].[Nd+3]. The van der Waals surface area contributed by atoms with Crippen LogP contribution in [-0.4, -0.2) is 25.9 Å². The molecule has 0 spiro atoms. The van der Waals surface area contributed by atoms with Crippen molar-refractivity contribution in [1.82, 2.24) is 0 Å². The van der Waals surface area contributed by atoms with Crippen LogP contribution in [-0.2, 0) is 9.59 Å². The number of carbonyl (C=O) groups excluding carboxylic acids is 2. The van der Waals surface area contributed by atoms with Crippen LogP contribution in [0.15, 0.2) is 0 Å². The minimum Gasteiger partial charge on any atom is -1.00 e. The predicted octanol–water partition coefficient (Wildman–Crippen LogP) is -0.363. The van der Waals surface area contributed by atoms with Crippen LogP contribution < -0.4 is 12.4 Å². The van der Waals surface area contributed by atoms with Crippen LogP contribution in [0.3, 0.4) is 0 Å². The van der Waals surface area contributed by atoms with Crippen LogP contribution in [0, 0.1) is 40.8 Å². The molecule has 0 aromatic carbocycles. The number of nitrogens with zero attached hydrogens (tertiary/aromatic N) is 2. The first-order valence-corrected chi connectivity index (χ1v) is 4.87. The largest absolute Gasteiger partial charge is 3.00 e. The van der Waals surface area contributed by atoms with Gasteiger partial charge in [-0.25, -0.2) is 0 Å². The summed E-state index contributed by atoms with van der Waals surface area (Å²) in [7, 11) is 3.05. The van der Waals surface area contributed by atoms with E-state index in [1.54, 1.807) is 0 Å². The summed E-state index contributed by atoms with van der Waals surface area (Å²) in [5, 5.41) is 6.88. The number of hydrogen-bond donors (Lipinski definition) is 0. The average molecular weight is 380 g/mol. The fraction of sp³-hybridized carbons (Fsp3) is 0.800. The molecule has 16 heavy (non-hydrogen) atoms. The second-order valence-corrected chi connectivity index (χ2v) is 2.73. The standard InChI is InChI=1S/2C5H11NO.ClH.Nd/c2*1-3-4-5(7)6-2;;/h2*3-4H2,1-2H3,(H,6,7);1H;/q;;;+3/p-3. The van der Waals surface area contributed by atoms with Crippen molar-refractivity contribution in [2.45, 2.75) is 39.5 Å². The first kappa shape index (κ1) is 25.4. The number of halogens is 1. The smallest absolute Gasteiger partial charge is 1.00 e. The zero-order valence-corrected chi connectivity index (χ0v) is 14.4. The van der Waals surface area contributed by atoms with Gasteiger partial charge in [-0.3, -0.25) is 0 Å². The van der Waals surface area contributed by atoms with Gasteiger partial charge in [0.15, 0.2) is 0 Å². The molecule has 0 saturated carbocycles. The van der Waals surface area contributed by atoms with Crippen molar-refractivity contribution < 1.29 is 62.8 Å². The van der Waals surface area contributed by atoms with Gasteiger partial charge in [-0.05, 0) is 12.8 Å². The maximum absolute atomic E-state index is 10.2. The third-order valence-corrected chi connectivity index (χ3v) is 1.43. The molecule has 0 saturated heterocycles. The molecule has 0 aromatic rings. The molecule has 0 N–H and O–H groups in total. The molecule has 0 aliphatic heterocycles. The van der Waals surface area contributed by atoms with Gasteiger partial charge >= 0.3 is 40.8 Å². The van der Waals surface area contributed by atoms with Gasteiger partial charge in [0.2, 0.25) is 0 Å². The van der Waals surface area contributed by atoms with E-state index < -0.39 is 0 Å². The van der Waals surface area contributed by atoms with Crippen LogP contribution in [0.1, 0.15) is 39.5 Å². The fourth-order valence-corrected chi connectivity index (χ4v) is 0.651. The van der Waals surface area contributed by atoms with Crippen molar-refractivity contribution in [2.75, 3.05) is 14.1 Å². The van der Waals surface area contributed by atoms with E-state index in [1.165, 1.54) is 14.1 Å². The van der Waals surface area contributed by atoms with E-state index in [9.17, 15) is 9.59 Å². The molecule has 0 rings (SSSR count). The molecule has 0 atom stereocenters. The number of rotatable bonds is 4. The molecular formula is C10H20ClN2NdO2. The van der Waals surface area contributed by atoms with Crippen LogP contribution in [0.4, 0.5) is 0 Å². The minimum absolute atomic E-state index is 0. The summed E-state index contributed by atoms with van der Waals surface area (Å²) in [5.41, 5.74) is 0. The van der Waals surface area contributed by atoms with E-state index in [0.29, 0.717) is 12.8 Å². The zero-order valence-electron chi connectivity index (χ0n) is 10.4. The van der Waals surface area contributed by atoms with Crippen molar-refractivity contribution in [3.05, 3.63) is 10.6 Å². The van der Waals surface area contributed by atoms with Gasteiger partial charge in [0.05, 0.1) is 11.8 Å². The van der Waals surface area contributed by atoms with Gasteiger partial charge in [-0.1, -0.05) is 26.7 Å². The third kappa shape index (κ3) is 24.0. The van der Waals surface area contributed by atoms with Crippen LogP contribution >= 0.6 is 0 Å². The van der Waals surface area contributed by atoms with Crippen molar-refractivity contribution >= 4 is 11.8 Å². The van der Waals surface area contributed by atoms with Gasteiger partial charge in [-0.15, -0.1) is 14.1 Å². The molecule has 0 heterocycles. The summed E-state index contributed by atoms with van der Waals surface area (Å²) >= 11 is 0. The average Bonchev–Trinajstić information content (AvgIpc) is 2.19. The van der Waals surface area contributed by atoms with Gasteiger partial charge in [0.25, 0.3) is 0 Å². The quantitative estimate of drug-likeness (QED) is 0.669. The van der Waals surface area contributed by atoms with Crippen LogP contribution in [0.2, 0.25) is 0 Å². The molecule has 93 valence electrons. The summed E-state index contributed by atoms with van der Waals surface area (Å²) in [5.74, 6) is 0.00463. The van der Waals surface area contributed by atoms with Crippen molar-refractivity contribution in [3.63, 3.8) is 0 Å². The van der Waals surface area contributed by atoms with Crippen molar-refractivity contribution in [3.8, 4) is 0 Å². The molecule has 0 unspecified atom stereocenters. The van der Waals surface area contributed by atoms with E-state index in [1.807, 2.05) is 13.8 Å². The summed E-state index contributed by atoms with van der Waals surface area (Å²) in [6, 6.07) is 0. The summed E-state index contributed by atoms with van der Waals surface area (Å²) in [6.07, 6.45) is 2.99. The van der Waals surface area contributed by atoms with Crippen molar-refractivity contribution in [1.29, 1.82) is 0 Å². The van der Waals surface area contributed by atoms with E-state index in [-0.39, 0.29) is 65.1 Å². The molecule has 2 amide bonds. The molecule has 6 heteroatoms. The molecule has 1 radical (unpaired) electrons. The Hall–Kier alpha value is 0.581. The number of amides is 2. The molecule has 0 fully saturated rings. The second kappa shape index (κ2) is 20.9. The van der Waals surface area contributed by atoms with E-state index in [0.717, 1.165) is 12.8 Å². The number of carbonyl (C=O) groups is 2. The molecular weight excluding hydrogens is 360 g/mol. The van der Waals surface area contributed by atoms with E-state index in [4.69, 9.17) is 0 Å². The Morgan fingerprint density at radius 3 is 1.19 bits per heavy atom. The zero-order chi connectivity index (χ0) is 11.4. The van der Waals surface area contributed by atoms with Gasteiger partial charge in [0, 0.05) is 0 Å². The molecule has 0 bridgehead atoms. The van der Waals surface area contributed by atoms with E-state index >= 15 is 0 Å². The Kier molecular flexibility index (Phi) is 33.3. The maximum atomic E-state index is 10.2. The first-order chi connectivity index (χ1) is 6.62. The van der Waals surface area contributed by atoms with Gasteiger partial charge < -0.3 is 32.6 Å². The number of hydrogen-bond acceptors (Lipinski definition) is 2. The molecule has 0 aliphatic rings. The first-order valence-electron chi connectivity index (χ1n) is 4.87. The van der Waals surface area contributed by atoms with Gasteiger partial charge in [-0.2, -0.15) is 0 Å². The third-order valence-electron chi connectivity index (χ3n) is 1.43. The Labute approximate surface area is 138 Å². The second-order valence-electron chi connectivity index (χ2n) is 2.73. The molecule has 0 aromatic heterocycles. The van der Waals surface area contributed by atoms with E-state index in [2.05, 4.69) is 10.6 Å². The van der Waals surface area contributed by atoms with Crippen molar-refractivity contribution in [2.24, 2.45) is 0 Å². The Morgan fingerprint density at radius 2 is 1.12 bits per heavy atom. The summed E-state index contributed by atoms with van der Waals surface area (Å²) in [6.45, 7) is 3.92. The topological polar surface area (TPSA) is 62.3 Å². The Balaban J connectivity index is -0.0000000800. The monoisotopic (exact) mass is 377 g/mol. The molecule has 0 aliphatic carbocycles. The molecule has 4 nitrogen and oxygen atoms in total. The van der Waals surface area contributed by atoms with Crippen LogP contribution in [0.5, 0.6) is 0 Å². The fourth-order valence-electron chi connectivity index (χ4n) is 0.651. The normalized spacial score (nSPS) is 7.25. The maximum Gasteiger partial charge on any atom is 3.00 e. The van der Waals surface area contributed by atoms with Crippen LogP contribution in [0.25, 0.3) is 10.6 Å². The summed E-state index contributed by atoms with van der Waals surface area (Å²) in [4.78, 5) is 20.5. The predicted molar refractivity (Wildman–Crippen MR) is 58.4 cm³/mol. The Morgan fingerprint density at radius 1 is 0.875 bits per heavy atom. The summed E-state index contributed by atoms with van der Waals surface area (Å²) < 4.78 is 0. The minimum atomic E-state index is 0. The van der Waals surface area contributed by atoms with Gasteiger partial charge in [0.1, 0.15) is 0 Å². The Bertz CT molecular complexity index is 151.